The van der Waals surface area contributed by atoms with Crippen molar-refractivity contribution in [3.8, 4) is 22.6 Å². The van der Waals surface area contributed by atoms with Gasteiger partial charge in [-0.1, -0.05) is 12.1 Å². The molecule has 2 aliphatic heterocycles. The fourth-order valence-corrected chi connectivity index (χ4v) is 8.63. The van der Waals surface area contributed by atoms with Gasteiger partial charge in [-0.3, -0.25) is 33.6 Å². The maximum Gasteiger partial charge on any atom is 0.301 e. The third-order valence-corrected chi connectivity index (χ3v) is 11.9. The summed E-state index contributed by atoms with van der Waals surface area (Å²) in [4.78, 5) is 71.9. The largest absolute Gasteiger partial charge is 0.493 e. The summed E-state index contributed by atoms with van der Waals surface area (Å²) in [6.07, 6.45) is 1.84. The molecular formula is C41H34F3N5O9S. The van der Waals surface area contributed by atoms with Crippen LogP contribution in [0.3, 0.4) is 0 Å². The molecule has 1 unspecified atom stereocenters. The van der Waals surface area contributed by atoms with Gasteiger partial charge in [-0.05, 0) is 66.9 Å². The lowest BCUT2D eigenvalue weighted by molar-refractivity contribution is -0.132. The van der Waals surface area contributed by atoms with Crippen LogP contribution in [-0.4, -0.2) is 95.3 Å². The first-order valence-electron chi connectivity index (χ1n) is 18.6. The van der Waals surface area contributed by atoms with Crippen molar-refractivity contribution in [3.05, 3.63) is 107 Å². The number of alkyl halides is 1. The zero-order valence-corrected chi connectivity index (χ0v) is 31.8. The average Bonchev–Trinajstić information content (AvgIpc) is 3.92. The normalized spacial score (nSPS) is 18.5. The zero-order valence-electron chi connectivity index (χ0n) is 31.0. The van der Waals surface area contributed by atoms with E-state index in [1.165, 1.54) is 18.3 Å². The van der Waals surface area contributed by atoms with E-state index in [2.05, 4.69) is 9.97 Å². The van der Waals surface area contributed by atoms with Crippen LogP contribution in [0.15, 0.2) is 73.1 Å². The van der Waals surface area contributed by atoms with Gasteiger partial charge in [0.1, 0.15) is 34.9 Å². The van der Waals surface area contributed by atoms with E-state index in [0.717, 1.165) is 21.3 Å². The quantitative estimate of drug-likeness (QED) is 0.0658. The van der Waals surface area contributed by atoms with E-state index in [9.17, 15) is 36.8 Å². The lowest BCUT2D eigenvalue weighted by atomic mass is 9.92. The molecule has 1 saturated heterocycles. The summed E-state index contributed by atoms with van der Waals surface area (Å²) < 4.78 is 84.3. The smallest absolute Gasteiger partial charge is 0.301 e. The van der Waals surface area contributed by atoms with Gasteiger partial charge in [-0.2, -0.15) is 12.7 Å². The number of hydrogen-bond acceptors (Lipinski definition) is 10. The summed E-state index contributed by atoms with van der Waals surface area (Å²) in [7, 11) is -4.38. The molecular weight excluding hydrogens is 796 g/mol. The first-order valence-corrected chi connectivity index (χ1v) is 20.1. The second kappa shape index (κ2) is 15.7. The van der Waals surface area contributed by atoms with Gasteiger partial charge in [0.05, 0.1) is 48.1 Å². The van der Waals surface area contributed by atoms with Crippen molar-refractivity contribution in [2.45, 2.75) is 44.3 Å². The standard InChI is InChI=1S/C41H34F3N5O9S/c42-24-12-13-48(21-24)59(55,56)47-33-10-9-32(43)36(37(33)44)38(52)31-20-46-39-29(31)16-23(19-45-39)22-2-5-26(6-3-22)57-14-1-15-58-27-7-8-28-30(18-27)41(54)49(40(28)53)34-11-4-25(50)17-35(34)51/h2-3,5-10,16,18-20,24,34,47H,1,4,11-15,17,21H2,(H,45,46)/t24-,34?/m1/s1. The number of H-pyrrole nitrogens is 1. The fraction of sp³-hybridized carbons (Fsp3) is 0.268. The summed E-state index contributed by atoms with van der Waals surface area (Å²) in [6.45, 7) is -0.0287. The molecule has 0 spiro atoms. The molecule has 304 valence electrons. The van der Waals surface area contributed by atoms with E-state index < -0.39 is 75.2 Å². The molecule has 1 aliphatic carbocycles. The number of aromatic nitrogens is 2. The maximum atomic E-state index is 15.6. The molecule has 8 rings (SSSR count). The molecule has 2 atom stereocenters. The number of benzene rings is 3. The van der Waals surface area contributed by atoms with E-state index in [4.69, 9.17) is 9.47 Å². The Morgan fingerprint density at radius 2 is 1.63 bits per heavy atom. The van der Waals surface area contributed by atoms with Crippen molar-refractivity contribution in [1.29, 1.82) is 0 Å². The maximum absolute atomic E-state index is 15.6. The number of imide groups is 1. The highest BCUT2D eigenvalue weighted by Gasteiger charge is 2.44. The van der Waals surface area contributed by atoms with Crippen LogP contribution in [0.5, 0.6) is 11.5 Å². The van der Waals surface area contributed by atoms with Crippen molar-refractivity contribution in [2.24, 2.45) is 0 Å². The number of halogens is 3. The predicted molar refractivity (Wildman–Crippen MR) is 205 cm³/mol. The number of pyridine rings is 1. The third kappa shape index (κ3) is 7.68. The Hall–Kier alpha value is -6.40. The molecule has 0 bridgehead atoms. The van der Waals surface area contributed by atoms with E-state index >= 15 is 8.78 Å². The number of nitrogens with one attached hydrogen (secondary N) is 2. The number of aromatic amines is 1. The van der Waals surface area contributed by atoms with Gasteiger partial charge in [0, 0.05) is 54.8 Å². The number of anilines is 1. The SMILES string of the molecule is O=C1CCC(N2C(=O)c3ccc(OCCCOc4ccc(-c5cnc6[nH]cc(C(=O)c7c(F)ccc(NS(=O)(=O)N8CC[C@@H](F)C8)c7F)c6c5)cc4)cc3C2=O)C(=O)C1. The highest BCUT2D eigenvalue weighted by Crippen LogP contribution is 2.33. The highest BCUT2D eigenvalue weighted by atomic mass is 32.2. The molecule has 3 aliphatic rings. The van der Waals surface area contributed by atoms with Crippen molar-refractivity contribution in [1.82, 2.24) is 19.2 Å². The van der Waals surface area contributed by atoms with Gasteiger partial charge in [-0.15, -0.1) is 0 Å². The van der Waals surface area contributed by atoms with Gasteiger partial charge in [0.15, 0.2) is 11.6 Å². The topological polar surface area (TPSA) is 185 Å². The number of rotatable bonds is 13. The lowest BCUT2D eigenvalue weighted by Gasteiger charge is -2.27. The van der Waals surface area contributed by atoms with Crippen molar-refractivity contribution < 1.29 is 55.0 Å². The second-order valence-electron chi connectivity index (χ2n) is 14.3. The summed E-state index contributed by atoms with van der Waals surface area (Å²) in [6, 6.07) is 13.8. The minimum absolute atomic E-state index is 0.0160. The molecule has 2 aromatic heterocycles. The summed E-state index contributed by atoms with van der Waals surface area (Å²) in [5, 5.41) is 0.261. The molecule has 4 heterocycles. The van der Waals surface area contributed by atoms with Crippen LogP contribution in [-0.2, 0) is 19.8 Å². The Morgan fingerprint density at radius 1 is 0.898 bits per heavy atom. The number of fused-ring (bicyclic) bond motifs is 2. The number of ether oxygens (including phenoxy) is 2. The molecule has 2 amide bonds. The Kier molecular flexibility index (Phi) is 10.5. The first-order chi connectivity index (χ1) is 28.3. The van der Waals surface area contributed by atoms with Crippen LogP contribution in [0.1, 0.15) is 68.7 Å². The molecule has 3 aromatic carbocycles. The molecule has 2 N–H and O–H groups in total. The summed E-state index contributed by atoms with van der Waals surface area (Å²) in [5.74, 6) is -4.59. The number of nitrogens with zero attached hydrogens (tertiary/aromatic N) is 3. The minimum atomic E-state index is -4.38. The highest BCUT2D eigenvalue weighted by molar-refractivity contribution is 7.90. The molecule has 5 aromatic rings. The van der Waals surface area contributed by atoms with E-state index in [1.54, 1.807) is 42.6 Å². The number of carbonyl (C=O) groups excluding carboxylic acids is 5. The van der Waals surface area contributed by atoms with Crippen LogP contribution in [0.4, 0.5) is 18.9 Å². The van der Waals surface area contributed by atoms with Crippen molar-refractivity contribution in [3.63, 3.8) is 0 Å². The molecule has 1 saturated carbocycles. The molecule has 59 heavy (non-hydrogen) atoms. The molecule has 14 nitrogen and oxygen atoms in total. The monoisotopic (exact) mass is 829 g/mol. The number of carbonyl (C=O) groups is 5. The van der Waals surface area contributed by atoms with Crippen LogP contribution in [0.2, 0.25) is 0 Å². The van der Waals surface area contributed by atoms with Gasteiger partial charge < -0.3 is 14.5 Å². The first kappa shape index (κ1) is 39.4. The Labute approximate surface area is 334 Å². The predicted octanol–water partition coefficient (Wildman–Crippen LogP) is 5.57. The van der Waals surface area contributed by atoms with Crippen molar-refractivity contribution >= 4 is 56.1 Å². The summed E-state index contributed by atoms with van der Waals surface area (Å²) >= 11 is 0. The lowest BCUT2D eigenvalue weighted by Crippen LogP contribution is -2.47. The number of amides is 2. The van der Waals surface area contributed by atoms with Crippen LogP contribution in [0, 0.1) is 11.6 Å². The number of ketones is 3. The Morgan fingerprint density at radius 3 is 2.36 bits per heavy atom. The van der Waals surface area contributed by atoms with Gasteiger partial charge in [0.25, 0.3) is 11.8 Å². The Balaban J connectivity index is 0.880. The van der Waals surface area contributed by atoms with E-state index in [-0.39, 0.29) is 78.9 Å². The van der Waals surface area contributed by atoms with Crippen LogP contribution in [0.25, 0.3) is 22.2 Å². The number of Topliss-reactive ketones (excluding diaryl/α,β-unsaturated/α-hetero) is 2. The van der Waals surface area contributed by atoms with Crippen LogP contribution >= 0.6 is 0 Å². The Bertz CT molecular complexity index is 2670. The zero-order chi connectivity index (χ0) is 41.6. The van der Waals surface area contributed by atoms with E-state index in [1.807, 2.05) is 4.72 Å². The fourth-order valence-electron chi connectivity index (χ4n) is 7.36. The third-order valence-electron chi connectivity index (χ3n) is 10.4. The van der Waals surface area contributed by atoms with E-state index in [0.29, 0.717) is 29.0 Å². The van der Waals surface area contributed by atoms with Gasteiger partial charge >= 0.3 is 10.2 Å². The molecule has 2 fully saturated rings. The van der Waals surface area contributed by atoms with Gasteiger partial charge in [0.2, 0.25) is 5.78 Å². The van der Waals surface area contributed by atoms with Crippen LogP contribution < -0.4 is 14.2 Å². The molecule has 18 heteroatoms. The van der Waals surface area contributed by atoms with Gasteiger partial charge in [-0.25, -0.2) is 18.2 Å². The minimum Gasteiger partial charge on any atom is -0.493 e. The second-order valence-corrected chi connectivity index (χ2v) is 16.0. The average molecular weight is 830 g/mol. The molecule has 0 radical (unpaired) electrons. The summed E-state index contributed by atoms with van der Waals surface area (Å²) in [5.41, 5.74) is 0.0851. The number of hydrogen-bond donors (Lipinski definition) is 2. The van der Waals surface area contributed by atoms with Crippen molar-refractivity contribution in [2.75, 3.05) is 31.0 Å².